The van der Waals surface area contributed by atoms with Gasteiger partial charge in [0.25, 0.3) is 0 Å². The highest BCUT2D eigenvalue weighted by molar-refractivity contribution is 6.42. The Labute approximate surface area is 175 Å². The van der Waals surface area contributed by atoms with E-state index in [1.807, 2.05) is 19.3 Å². The van der Waals surface area contributed by atoms with Crippen molar-refractivity contribution in [1.29, 1.82) is 0 Å². The van der Waals surface area contributed by atoms with Crippen LogP contribution in [0.15, 0.2) is 36.5 Å². The zero-order valence-electron chi connectivity index (χ0n) is 16.0. The maximum absolute atomic E-state index is 12.6. The summed E-state index contributed by atoms with van der Waals surface area (Å²) in [6.07, 6.45) is 4.12. The van der Waals surface area contributed by atoms with Gasteiger partial charge in [-0.2, -0.15) is 0 Å². The number of benzene rings is 1. The summed E-state index contributed by atoms with van der Waals surface area (Å²) in [6, 6.07) is 9.23. The van der Waals surface area contributed by atoms with Crippen molar-refractivity contribution in [2.45, 2.75) is 18.9 Å². The minimum Gasteiger partial charge on any atom is -0.353 e. The lowest BCUT2D eigenvalue weighted by atomic mass is 10.1. The van der Waals surface area contributed by atoms with Crippen LogP contribution in [0.4, 0.5) is 5.69 Å². The van der Waals surface area contributed by atoms with Crippen LogP contribution in [-0.4, -0.2) is 52.9 Å². The Hall–Kier alpha value is -2.02. The number of rotatable bonds is 6. The molecule has 0 saturated carbocycles. The third kappa shape index (κ3) is 4.87. The summed E-state index contributed by atoms with van der Waals surface area (Å²) < 4.78 is 2.10. The van der Waals surface area contributed by atoms with Crippen LogP contribution >= 0.6 is 23.2 Å². The summed E-state index contributed by atoms with van der Waals surface area (Å²) in [6.45, 7) is 1.15. The zero-order chi connectivity index (χ0) is 20.3. The van der Waals surface area contributed by atoms with Crippen molar-refractivity contribution in [2.75, 3.05) is 32.0 Å². The minimum absolute atomic E-state index is 0.0261. The molecule has 1 saturated heterocycles. The zero-order valence-corrected chi connectivity index (χ0v) is 17.5. The fourth-order valence-electron chi connectivity index (χ4n) is 3.54. The Morgan fingerprint density at radius 3 is 2.71 bits per heavy atom. The van der Waals surface area contributed by atoms with Crippen molar-refractivity contribution in [3.8, 4) is 0 Å². The number of aryl methyl sites for hydroxylation is 1. The fourth-order valence-corrected chi connectivity index (χ4v) is 3.84. The lowest BCUT2D eigenvalue weighted by Gasteiger charge is -2.26. The Morgan fingerprint density at radius 2 is 2.04 bits per heavy atom. The molecular weight excluding hydrogens is 399 g/mol. The van der Waals surface area contributed by atoms with E-state index in [-0.39, 0.29) is 24.4 Å². The average Bonchev–Trinajstić information content (AvgIpc) is 3.26. The lowest BCUT2D eigenvalue weighted by molar-refractivity contribution is -0.134. The lowest BCUT2D eigenvalue weighted by Crippen LogP contribution is -2.41. The highest BCUT2D eigenvalue weighted by Crippen LogP contribution is 2.31. The first-order valence-corrected chi connectivity index (χ1v) is 9.95. The molecule has 1 aliphatic rings. The Morgan fingerprint density at radius 1 is 1.25 bits per heavy atom. The number of nitrogens with one attached hydrogen (secondary N) is 1. The molecule has 0 bridgehead atoms. The van der Waals surface area contributed by atoms with Gasteiger partial charge in [0.15, 0.2) is 0 Å². The van der Waals surface area contributed by atoms with Crippen LogP contribution < -0.4 is 5.32 Å². The maximum Gasteiger partial charge on any atom is 0.243 e. The van der Waals surface area contributed by atoms with E-state index in [4.69, 9.17) is 23.2 Å². The number of likely N-dealkylation sites (tertiary alicyclic amines) is 1. The van der Waals surface area contributed by atoms with E-state index in [0.29, 0.717) is 22.3 Å². The van der Waals surface area contributed by atoms with Gasteiger partial charge in [-0.3, -0.25) is 14.5 Å². The van der Waals surface area contributed by atoms with Crippen molar-refractivity contribution >= 4 is 40.7 Å². The number of carbonyl (C=O) groups excluding carboxylic acids is 2. The second-order valence-electron chi connectivity index (χ2n) is 7.10. The molecule has 0 aliphatic carbocycles. The van der Waals surface area contributed by atoms with E-state index in [9.17, 15) is 9.59 Å². The van der Waals surface area contributed by atoms with Gasteiger partial charge in [-0.15, -0.1) is 0 Å². The summed E-state index contributed by atoms with van der Waals surface area (Å²) in [5, 5.41) is 3.52. The number of halogens is 2. The van der Waals surface area contributed by atoms with Crippen LogP contribution in [0.2, 0.25) is 10.0 Å². The van der Waals surface area contributed by atoms with Gasteiger partial charge < -0.3 is 14.8 Å². The van der Waals surface area contributed by atoms with Crippen molar-refractivity contribution < 1.29 is 9.59 Å². The fraction of sp³-hybridized carbons (Fsp3) is 0.400. The monoisotopic (exact) mass is 422 g/mol. The van der Waals surface area contributed by atoms with Gasteiger partial charge in [-0.05, 0) is 49.7 Å². The second-order valence-corrected chi connectivity index (χ2v) is 7.91. The molecule has 150 valence electrons. The van der Waals surface area contributed by atoms with Crippen LogP contribution in [0.1, 0.15) is 24.6 Å². The summed E-state index contributed by atoms with van der Waals surface area (Å²) in [7, 11) is 3.66. The second kappa shape index (κ2) is 8.99. The largest absolute Gasteiger partial charge is 0.353 e. The third-order valence-corrected chi connectivity index (χ3v) is 5.78. The Balaban J connectivity index is 1.54. The molecule has 0 unspecified atom stereocenters. The van der Waals surface area contributed by atoms with Gasteiger partial charge in [0, 0.05) is 31.7 Å². The number of hydrogen-bond acceptors (Lipinski definition) is 3. The third-order valence-electron chi connectivity index (χ3n) is 5.04. The molecule has 0 radical (unpaired) electrons. The molecule has 2 amide bonds. The van der Waals surface area contributed by atoms with E-state index < -0.39 is 0 Å². The molecule has 0 spiro atoms. The van der Waals surface area contributed by atoms with E-state index in [2.05, 4.69) is 20.9 Å². The van der Waals surface area contributed by atoms with Crippen LogP contribution in [-0.2, 0) is 16.6 Å². The number of likely N-dealkylation sites (N-methyl/N-ethyl adjacent to an activating group) is 1. The highest BCUT2D eigenvalue weighted by atomic mass is 35.5. The van der Waals surface area contributed by atoms with E-state index in [0.717, 1.165) is 19.4 Å². The predicted octanol–water partition coefficient (Wildman–Crippen LogP) is 3.57. The van der Waals surface area contributed by atoms with Gasteiger partial charge in [0.2, 0.25) is 11.8 Å². The van der Waals surface area contributed by atoms with Gasteiger partial charge in [0.1, 0.15) is 0 Å². The molecule has 1 aliphatic heterocycles. The molecule has 1 N–H and O–H groups in total. The van der Waals surface area contributed by atoms with Gasteiger partial charge in [0.05, 0.1) is 29.2 Å². The summed E-state index contributed by atoms with van der Waals surface area (Å²) >= 11 is 11.8. The normalized spacial score (nSPS) is 16.9. The number of aromatic nitrogens is 1. The number of amides is 2. The number of carbonyl (C=O) groups is 2. The molecule has 1 aromatic heterocycles. The molecule has 1 atom stereocenters. The molecule has 2 aromatic rings. The summed E-state index contributed by atoms with van der Waals surface area (Å²) in [4.78, 5) is 28.5. The van der Waals surface area contributed by atoms with E-state index in [1.165, 1.54) is 10.6 Å². The molecule has 8 heteroatoms. The molecule has 3 rings (SSSR count). The molecule has 28 heavy (non-hydrogen) atoms. The van der Waals surface area contributed by atoms with Gasteiger partial charge >= 0.3 is 0 Å². The standard InChI is InChI=1S/C20H24Cl2N4O2/c1-24-9-3-5-17(24)18-6-4-10-26(18)13-20(28)25(2)12-19(27)23-14-7-8-15(21)16(22)11-14/h3,5,7-9,11,18H,4,6,10,12-13H2,1-2H3,(H,23,27)/t18-/m1/s1. The highest BCUT2D eigenvalue weighted by Gasteiger charge is 2.30. The summed E-state index contributed by atoms with van der Waals surface area (Å²) in [5.41, 5.74) is 1.76. The molecule has 6 nitrogen and oxygen atoms in total. The predicted molar refractivity (Wildman–Crippen MR) is 112 cm³/mol. The quantitative estimate of drug-likeness (QED) is 0.773. The number of nitrogens with zero attached hydrogens (tertiary/aromatic N) is 3. The first kappa shape index (κ1) is 20.7. The molecular formula is C20H24Cl2N4O2. The van der Waals surface area contributed by atoms with E-state index in [1.54, 1.807) is 25.2 Å². The number of hydrogen-bond donors (Lipinski definition) is 1. The molecule has 1 aromatic carbocycles. The van der Waals surface area contributed by atoms with Crippen molar-refractivity contribution in [3.63, 3.8) is 0 Å². The number of anilines is 1. The molecule has 2 heterocycles. The molecule has 1 fully saturated rings. The first-order chi connectivity index (χ1) is 13.3. The van der Waals surface area contributed by atoms with E-state index >= 15 is 0 Å². The maximum atomic E-state index is 12.6. The minimum atomic E-state index is -0.283. The van der Waals surface area contributed by atoms with Crippen molar-refractivity contribution in [3.05, 3.63) is 52.3 Å². The van der Waals surface area contributed by atoms with Crippen LogP contribution in [0.25, 0.3) is 0 Å². The SMILES string of the molecule is CN(CC(=O)Nc1ccc(Cl)c(Cl)c1)C(=O)CN1CCC[C@@H]1c1cccn1C. The first-order valence-electron chi connectivity index (χ1n) is 9.19. The summed E-state index contributed by atoms with van der Waals surface area (Å²) in [5.74, 6) is -0.361. The Bertz CT molecular complexity index is 868. The van der Waals surface area contributed by atoms with Gasteiger partial charge in [-0.25, -0.2) is 0 Å². The van der Waals surface area contributed by atoms with Crippen LogP contribution in [0.3, 0.4) is 0 Å². The van der Waals surface area contributed by atoms with Gasteiger partial charge in [-0.1, -0.05) is 23.2 Å². The van der Waals surface area contributed by atoms with Crippen LogP contribution in [0, 0.1) is 0 Å². The average molecular weight is 423 g/mol. The smallest absolute Gasteiger partial charge is 0.243 e. The Kier molecular flexibility index (Phi) is 6.65. The van der Waals surface area contributed by atoms with Crippen molar-refractivity contribution in [2.24, 2.45) is 7.05 Å². The topological polar surface area (TPSA) is 57.6 Å². The van der Waals surface area contributed by atoms with Crippen LogP contribution in [0.5, 0.6) is 0 Å². The van der Waals surface area contributed by atoms with Crippen molar-refractivity contribution in [1.82, 2.24) is 14.4 Å².